The first-order chi connectivity index (χ1) is 15.4. The number of hydrogen-bond acceptors (Lipinski definition) is 6. The number of carbonyl (C=O) groups is 1. The number of carbonyl (C=O) groups excluding carboxylic acids is 1. The minimum Gasteiger partial charge on any atom is -0.286 e. The van der Waals surface area contributed by atoms with Crippen molar-refractivity contribution in [1.29, 1.82) is 0 Å². The number of para-hydroxylation sites is 1. The van der Waals surface area contributed by atoms with Gasteiger partial charge in [0.2, 0.25) is 5.91 Å². The Kier molecular flexibility index (Phi) is 6.61. The fourth-order valence-corrected chi connectivity index (χ4v) is 5.57. The van der Waals surface area contributed by atoms with Crippen LogP contribution in [0.5, 0.6) is 0 Å². The lowest BCUT2D eigenvalue weighted by molar-refractivity contribution is -0.118. The molecule has 0 aliphatic rings. The van der Waals surface area contributed by atoms with Gasteiger partial charge in [-0.2, -0.15) is 5.10 Å². The molecule has 0 saturated heterocycles. The number of anilines is 1. The van der Waals surface area contributed by atoms with Crippen molar-refractivity contribution in [3.8, 4) is 0 Å². The molecule has 0 atom stereocenters. The van der Waals surface area contributed by atoms with E-state index in [-0.39, 0.29) is 29.4 Å². The Labute approximate surface area is 189 Å². The Balaban J connectivity index is 1.46. The summed E-state index contributed by atoms with van der Waals surface area (Å²) < 4.78 is 40.8. The van der Waals surface area contributed by atoms with E-state index in [2.05, 4.69) is 10.1 Å². The van der Waals surface area contributed by atoms with Gasteiger partial charge in [-0.3, -0.25) is 14.4 Å². The van der Waals surface area contributed by atoms with Crippen molar-refractivity contribution >= 4 is 42.4 Å². The van der Waals surface area contributed by atoms with E-state index < -0.39 is 15.7 Å². The van der Waals surface area contributed by atoms with Gasteiger partial charge in [-0.05, 0) is 48.9 Å². The van der Waals surface area contributed by atoms with Crippen LogP contribution in [0.25, 0.3) is 10.2 Å². The number of fused-ring (bicyclic) bond motifs is 1. The van der Waals surface area contributed by atoms with Crippen molar-refractivity contribution in [3.05, 3.63) is 72.8 Å². The van der Waals surface area contributed by atoms with Crippen LogP contribution in [0.15, 0.2) is 71.9 Å². The Bertz CT molecular complexity index is 1270. The first kappa shape index (κ1) is 22.1. The van der Waals surface area contributed by atoms with Crippen LogP contribution in [0, 0.1) is 5.82 Å². The zero-order chi connectivity index (χ0) is 22.6. The Hall–Kier alpha value is -3.11. The number of hydrogen-bond donors (Lipinski definition) is 0. The smallest absolute Gasteiger partial charge is 0.228 e. The summed E-state index contributed by atoms with van der Waals surface area (Å²) in [6.45, 7) is 0.855. The van der Waals surface area contributed by atoms with Crippen molar-refractivity contribution in [2.75, 3.05) is 17.2 Å². The molecule has 0 unspecified atom stereocenters. The second-order valence-electron chi connectivity index (χ2n) is 7.16. The van der Waals surface area contributed by atoms with E-state index in [9.17, 15) is 17.6 Å². The molecule has 0 saturated carbocycles. The van der Waals surface area contributed by atoms with E-state index in [4.69, 9.17) is 0 Å². The molecule has 0 aliphatic heterocycles. The Morgan fingerprint density at radius 1 is 1.09 bits per heavy atom. The van der Waals surface area contributed by atoms with Crippen molar-refractivity contribution in [2.24, 2.45) is 0 Å². The highest BCUT2D eigenvalue weighted by Crippen LogP contribution is 2.29. The summed E-state index contributed by atoms with van der Waals surface area (Å²) in [4.78, 5) is 19.3. The molecule has 0 spiro atoms. The molecular formula is C22H21FN4O3S2. The lowest BCUT2D eigenvalue weighted by atomic mass is 10.3. The highest BCUT2D eigenvalue weighted by Gasteiger charge is 2.21. The number of rotatable bonds is 9. The van der Waals surface area contributed by atoms with Crippen LogP contribution in [0.3, 0.4) is 0 Å². The predicted molar refractivity (Wildman–Crippen MR) is 122 cm³/mol. The summed E-state index contributed by atoms with van der Waals surface area (Å²) in [5.74, 6) is -0.898. The topological polar surface area (TPSA) is 85.2 Å². The summed E-state index contributed by atoms with van der Waals surface area (Å²) in [5.41, 5.74) is 0.809. The van der Waals surface area contributed by atoms with Crippen LogP contribution in [0.1, 0.15) is 12.8 Å². The van der Waals surface area contributed by atoms with Crippen LogP contribution < -0.4 is 4.90 Å². The van der Waals surface area contributed by atoms with E-state index in [1.54, 1.807) is 15.8 Å². The monoisotopic (exact) mass is 472 g/mol. The standard InChI is InChI=1S/C22H21FN4O3S2/c23-17-8-10-18(11-9-17)32(29,30)16-3-7-21(28)27(15-14-26-13-4-12-24-26)22-25-19-5-1-2-6-20(19)31-22/h1-2,4-6,8-13H,3,7,14-16H2. The van der Waals surface area contributed by atoms with Crippen molar-refractivity contribution in [1.82, 2.24) is 14.8 Å². The maximum Gasteiger partial charge on any atom is 0.228 e. The molecule has 0 aliphatic carbocycles. The zero-order valence-corrected chi connectivity index (χ0v) is 18.7. The first-order valence-corrected chi connectivity index (χ1v) is 12.5. The van der Waals surface area contributed by atoms with E-state index >= 15 is 0 Å². The van der Waals surface area contributed by atoms with Gasteiger partial charge in [-0.15, -0.1) is 0 Å². The lowest BCUT2D eigenvalue weighted by Crippen LogP contribution is -2.34. The maximum absolute atomic E-state index is 13.1. The fourth-order valence-electron chi connectivity index (χ4n) is 3.25. The molecule has 32 heavy (non-hydrogen) atoms. The van der Waals surface area contributed by atoms with Crippen molar-refractivity contribution < 1.29 is 17.6 Å². The summed E-state index contributed by atoms with van der Waals surface area (Å²) in [6.07, 6.45) is 3.69. The second kappa shape index (κ2) is 9.58. The highest BCUT2D eigenvalue weighted by molar-refractivity contribution is 7.91. The summed E-state index contributed by atoms with van der Waals surface area (Å²) in [5, 5.41) is 4.75. The first-order valence-electron chi connectivity index (χ1n) is 10.0. The van der Waals surface area contributed by atoms with Crippen LogP contribution in [-0.4, -0.2) is 41.4 Å². The van der Waals surface area contributed by atoms with Gasteiger partial charge < -0.3 is 0 Å². The zero-order valence-electron chi connectivity index (χ0n) is 17.1. The molecule has 0 bridgehead atoms. The number of amides is 1. The number of sulfone groups is 1. The molecule has 4 aromatic rings. The number of halogens is 1. The average molecular weight is 473 g/mol. The van der Waals surface area contributed by atoms with E-state index in [0.717, 1.165) is 22.3 Å². The Morgan fingerprint density at radius 2 is 1.88 bits per heavy atom. The SMILES string of the molecule is O=C(CCCS(=O)(=O)c1ccc(F)cc1)N(CCn1cccn1)c1nc2ccccc2s1. The maximum atomic E-state index is 13.1. The van der Waals surface area contributed by atoms with Gasteiger partial charge in [-0.25, -0.2) is 17.8 Å². The van der Waals surface area contributed by atoms with Gasteiger partial charge in [0.05, 0.1) is 27.4 Å². The molecule has 0 radical (unpaired) electrons. The number of benzene rings is 2. The largest absolute Gasteiger partial charge is 0.286 e. The third kappa shape index (κ3) is 5.20. The molecule has 4 rings (SSSR count). The van der Waals surface area contributed by atoms with Gasteiger partial charge in [0.1, 0.15) is 5.82 Å². The molecule has 2 heterocycles. The average Bonchev–Trinajstić information content (AvgIpc) is 3.44. The molecule has 7 nitrogen and oxygen atoms in total. The normalized spacial score (nSPS) is 11.7. The highest BCUT2D eigenvalue weighted by atomic mass is 32.2. The second-order valence-corrected chi connectivity index (χ2v) is 10.3. The third-order valence-corrected chi connectivity index (χ3v) is 7.78. The Morgan fingerprint density at radius 3 is 2.59 bits per heavy atom. The number of aromatic nitrogens is 3. The summed E-state index contributed by atoms with van der Waals surface area (Å²) in [6, 6.07) is 14.2. The van der Waals surface area contributed by atoms with Gasteiger partial charge in [0, 0.05) is 25.4 Å². The molecule has 0 fully saturated rings. The molecule has 166 valence electrons. The molecule has 2 aromatic heterocycles. The minimum atomic E-state index is -3.60. The van der Waals surface area contributed by atoms with Gasteiger partial charge in [0.25, 0.3) is 0 Å². The van der Waals surface area contributed by atoms with Gasteiger partial charge in [-0.1, -0.05) is 23.5 Å². The van der Waals surface area contributed by atoms with E-state index in [1.165, 1.54) is 23.5 Å². The van der Waals surface area contributed by atoms with Crippen LogP contribution >= 0.6 is 11.3 Å². The van der Waals surface area contributed by atoms with Crippen LogP contribution in [0.4, 0.5) is 9.52 Å². The minimum absolute atomic E-state index is 0.0491. The van der Waals surface area contributed by atoms with Crippen LogP contribution in [-0.2, 0) is 21.2 Å². The predicted octanol–water partition coefficient (Wildman–Crippen LogP) is 3.92. The van der Waals surface area contributed by atoms with Gasteiger partial charge >= 0.3 is 0 Å². The molecule has 1 amide bonds. The van der Waals surface area contributed by atoms with E-state index in [1.807, 2.05) is 36.5 Å². The van der Waals surface area contributed by atoms with Crippen LogP contribution in [0.2, 0.25) is 0 Å². The summed E-state index contributed by atoms with van der Waals surface area (Å²) >= 11 is 1.42. The number of thiazole rings is 1. The summed E-state index contributed by atoms with van der Waals surface area (Å²) in [7, 11) is -3.60. The van der Waals surface area contributed by atoms with Crippen molar-refractivity contribution in [3.63, 3.8) is 0 Å². The van der Waals surface area contributed by atoms with Gasteiger partial charge in [0.15, 0.2) is 15.0 Å². The third-order valence-electron chi connectivity index (χ3n) is 4.90. The molecular weight excluding hydrogens is 451 g/mol. The van der Waals surface area contributed by atoms with Crippen molar-refractivity contribution in [2.45, 2.75) is 24.3 Å². The number of nitrogens with zero attached hydrogens (tertiary/aromatic N) is 4. The molecule has 2 aromatic carbocycles. The lowest BCUT2D eigenvalue weighted by Gasteiger charge is -2.20. The fraction of sp³-hybridized carbons (Fsp3) is 0.227. The molecule has 10 heteroatoms. The molecule has 0 N–H and O–H groups in total. The van der Waals surface area contributed by atoms with E-state index in [0.29, 0.717) is 18.2 Å². The quantitative estimate of drug-likeness (QED) is 0.345.